The van der Waals surface area contributed by atoms with Crippen molar-refractivity contribution in [2.75, 3.05) is 42.6 Å². The van der Waals surface area contributed by atoms with Crippen molar-refractivity contribution in [1.29, 1.82) is 0 Å². The summed E-state index contributed by atoms with van der Waals surface area (Å²) in [6.07, 6.45) is -6.17. The number of allylic oxidation sites excluding steroid dienone is 3. The van der Waals surface area contributed by atoms with Crippen LogP contribution in [-0.2, 0) is 24.3 Å². The van der Waals surface area contributed by atoms with E-state index in [9.17, 15) is 35.1 Å². The molecule has 15 heteroatoms. The number of benzene rings is 2. The van der Waals surface area contributed by atoms with Gasteiger partial charge in [0.25, 0.3) is 11.9 Å². The van der Waals surface area contributed by atoms with Gasteiger partial charge in [-0.2, -0.15) is 31.1 Å². The minimum absolute atomic E-state index is 0.0454. The van der Waals surface area contributed by atoms with E-state index in [1.807, 2.05) is 42.2 Å². The number of halogens is 8. The van der Waals surface area contributed by atoms with Crippen LogP contribution in [0.15, 0.2) is 66.3 Å². The van der Waals surface area contributed by atoms with Gasteiger partial charge in [0.05, 0.1) is 20.3 Å². The van der Waals surface area contributed by atoms with Crippen LogP contribution in [0.2, 0.25) is 0 Å². The van der Waals surface area contributed by atoms with Gasteiger partial charge < -0.3 is 14.5 Å². The lowest BCUT2D eigenvalue weighted by atomic mass is 9.98. The summed E-state index contributed by atoms with van der Waals surface area (Å²) in [6.45, 7) is 7.51. The van der Waals surface area contributed by atoms with Gasteiger partial charge in [-0.05, 0) is 61.1 Å². The lowest BCUT2D eigenvalue weighted by Gasteiger charge is -2.29. The lowest BCUT2D eigenvalue weighted by Crippen LogP contribution is -2.31. The van der Waals surface area contributed by atoms with Gasteiger partial charge in [-0.1, -0.05) is 78.5 Å². The van der Waals surface area contributed by atoms with E-state index in [0.29, 0.717) is 50.4 Å². The summed E-state index contributed by atoms with van der Waals surface area (Å²) < 4.78 is 116. The fourth-order valence-electron chi connectivity index (χ4n) is 5.39. The van der Waals surface area contributed by atoms with E-state index in [1.165, 1.54) is 30.9 Å². The summed E-state index contributed by atoms with van der Waals surface area (Å²) in [7, 11) is 1.53. The Bertz CT molecular complexity index is 1680. The van der Waals surface area contributed by atoms with E-state index in [4.69, 9.17) is 4.74 Å². The van der Waals surface area contributed by atoms with Crippen molar-refractivity contribution >= 4 is 11.6 Å². The van der Waals surface area contributed by atoms with Crippen molar-refractivity contribution in [3.8, 4) is 11.8 Å². The average Bonchev–Trinajstić information content (AvgIpc) is 3.48. The molecule has 52 heavy (non-hydrogen) atoms. The number of hydrogen-bond donors (Lipinski definition) is 0. The highest BCUT2D eigenvalue weighted by Crippen LogP contribution is 2.35. The number of anilines is 2. The molecular weight excluding hydrogens is 696 g/mol. The molecule has 284 valence electrons. The molecule has 2 aromatic carbocycles. The second-order valence-corrected chi connectivity index (χ2v) is 12.3. The number of aryl methyl sites for hydroxylation is 3. The maximum absolute atomic E-state index is 14.5. The van der Waals surface area contributed by atoms with Gasteiger partial charge in [-0.3, -0.25) is 0 Å². The summed E-state index contributed by atoms with van der Waals surface area (Å²) >= 11 is 0. The molecule has 0 saturated heterocycles. The normalized spacial score (nSPS) is 13.3. The van der Waals surface area contributed by atoms with Gasteiger partial charge >= 0.3 is 12.4 Å². The Labute approximate surface area is 299 Å². The summed E-state index contributed by atoms with van der Waals surface area (Å²) in [6, 6.07) is 12.8. The first kappa shape index (κ1) is 42.0. The zero-order chi connectivity index (χ0) is 38.5. The molecule has 0 N–H and O–H groups in total. The van der Waals surface area contributed by atoms with Crippen LogP contribution >= 0.6 is 0 Å². The molecule has 0 aliphatic heterocycles. The Morgan fingerprint density at radius 2 is 1.62 bits per heavy atom. The summed E-state index contributed by atoms with van der Waals surface area (Å²) in [5.74, 6) is -1.97. The predicted octanol–water partition coefficient (Wildman–Crippen LogP) is 8.89. The third kappa shape index (κ3) is 13.3. The molecule has 1 unspecified atom stereocenters. The van der Waals surface area contributed by atoms with Crippen LogP contribution < -0.4 is 9.80 Å². The molecule has 0 amide bonds. The molecule has 7 nitrogen and oxygen atoms in total. The third-order valence-electron chi connectivity index (χ3n) is 7.94. The quantitative estimate of drug-likeness (QED) is 0.0597. The maximum Gasteiger partial charge on any atom is 0.423 e. The maximum atomic E-state index is 14.5. The fraction of sp³-hybridized carbons (Fsp3) is 0.486. The second-order valence-electron chi connectivity index (χ2n) is 12.3. The van der Waals surface area contributed by atoms with E-state index >= 15 is 0 Å². The van der Waals surface area contributed by atoms with Crippen LogP contribution in [0.3, 0.4) is 0 Å². The van der Waals surface area contributed by atoms with Gasteiger partial charge in [0, 0.05) is 44.4 Å². The summed E-state index contributed by atoms with van der Waals surface area (Å²) in [5, 5.41) is 11.9. The summed E-state index contributed by atoms with van der Waals surface area (Å²) in [5.41, 5.74) is 1.52. The largest absolute Gasteiger partial charge is 0.423 e. The van der Waals surface area contributed by atoms with Crippen molar-refractivity contribution < 1.29 is 39.9 Å². The number of unbranched alkanes of at least 4 members (excludes halogenated alkanes) is 1. The number of hydrogen-bond acceptors (Lipinski definition) is 6. The third-order valence-corrected chi connectivity index (χ3v) is 7.94. The van der Waals surface area contributed by atoms with Crippen molar-refractivity contribution in [1.82, 2.24) is 20.2 Å². The van der Waals surface area contributed by atoms with E-state index in [-0.39, 0.29) is 31.0 Å². The number of aromatic nitrogens is 4. The molecule has 0 radical (unpaired) electrons. The SMILES string of the molecule is CC/C=C(\C#CC(/C=C/CN(CCCCN(CCOCc1ccccc1)c1cc(C(C)(F)F)c(C)cc1C)c1nnn(C)n1)C(F)(F)F)C(F)(F)F. The highest BCUT2D eigenvalue weighted by Gasteiger charge is 2.38. The number of tetrazole rings is 1. The molecule has 0 aliphatic carbocycles. The Kier molecular flexibility index (Phi) is 15.2. The van der Waals surface area contributed by atoms with E-state index in [0.717, 1.165) is 30.2 Å². The first-order valence-corrected chi connectivity index (χ1v) is 16.8. The Balaban J connectivity index is 1.76. The van der Waals surface area contributed by atoms with Crippen LogP contribution in [-0.4, -0.2) is 65.3 Å². The molecule has 0 saturated carbocycles. The van der Waals surface area contributed by atoms with Gasteiger partial charge in [0.15, 0.2) is 0 Å². The van der Waals surface area contributed by atoms with Gasteiger partial charge in [-0.25, -0.2) is 8.78 Å². The minimum atomic E-state index is -4.91. The van der Waals surface area contributed by atoms with Gasteiger partial charge in [-0.15, -0.1) is 5.10 Å². The highest BCUT2D eigenvalue weighted by atomic mass is 19.4. The molecule has 0 bridgehead atoms. The first-order valence-electron chi connectivity index (χ1n) is 16.8. The molecule has 3 rings (SSSR count). The zero-order valence-electron chi connectivity index (χ0n) is 29.8. The van der Waals surface area contributed by atoms with Crippen LogP contribution in [0.1, 0.15) is 55.4 Å². The van der Waals surface area contributed by atoms with Crippen LogP contribution in [0, 0.1) is 31.6 Å². The standard InChI is InChI=1S/C37H44F8N6O/c1-6-13-30(36(40,41)42)17-18-31(37(43,44)45)16-12-21-51(34-46-48-49(5)47-34)20-11-10-19-50(22-23-52-26-29-14-8-7-9-15-29)33-25-32(35(4,38)39)27(2)24-28(33)3/h7-9,12-16,24-25,31H,6,10-11,19-23,26H2,1-5H3/b16-12+,30-13+. The first-order chi connectivity index (χ1) is 24.4. The number of alkyl halides is 8. The Morgan fingerprint density at radius 1 is 0.942 bits per heavy atom. The molecule has 1 aromatic heterocycles. The second kappa shape index (κ2) is 18.9. The van der Waals surface area contributed by atoms with E-state index in [2.05, 4.69) is 15.4 Å². The predicted molar refractivity (Wildman–Crippen MR) is 185 cm³/mol. The van der Waals surface area contributed by atoms with Crippen molar-refractivity contribution in [3.05, 3.63) is 88.5 Å². The van der Waals surface area contributed by atoms with E-state index in [1.54, 1.807) is 29.7 Å². The fourth-order valence-corrected chi connectivity index (χ4v) is 5.39. The number of nitrogens with zero attached hydrogens (tertiary/aromatic N) is 6. The van der Waals surface area contributed by atoms with Gasteiger partial charge in [0.2, 0.25) is 0 Å². The average molecular weight is 741 g/mol. The van der Waals surface area contributed by atoms with Crippen LogP contribution in [0.25, 0.3) is 0 Å². The molecule has 0 spiro atoms. The summed E-state index contributed by atoms with van der Waals surface area (Å²) in [4.78, 5) is 4.75. The van der Waals surface area contributed by atoms with Crippen LogP contribution in [0.4, 0.5) is 46.8 Å². The lowest BCUT2D eigenvalue weighted by molar-refractivity contribution is -0.146. The number of rotatable bonds is 17. The smallest absolute Gasteiger partial charge is 0.375 e. The molecule has 1 atom stereocenters. The van der Waals surface area contributed by atoms with Crippen molar-refractivity contribution in [2.45, 2.75) is 71.8 Å². The molecule has 1 heterocycles. The number of ether oxygens (including phenoxy) is 1. The molecule has 0 aliphatic rings. The van der Waals surface area contributed by atoms with E-state index < -0.39 is 29.8 Å². The minimum Gasteiger partial charge on any atom is -0.375 e. The topological polar surface area (TPSA) is 59.3 Å². The van der Waals surface area contributed by atoms with Crippen molar-refractivity contribution in [3.63, 3.8) is 0 Å². The van der Waals surface area contributed by atoms with Crippen molar-refractivity contribution in [2.24, 2.45) is 13.0 Å². The van der Waals surface area contributed by atoms with Gasteiger partial charge in [0.1, 0.15) is 11.5 Å². The Hall–Kier alpha value is -4.45. The Morgan fingerprint density at radius 3 is 2.19 bits per heavy atom. The molecule has 0 fully saturated rings. The molecular formula is C37H44F8N6O. The monoisotopic (exact) mass is 740 g/mol. The molecule has 3 aromatic rings. The van der Waals surface area contributed by atoms with Crippen LogP contribution in [0.5, 0.6) is 0 Å². The highest BCUT2D eigenvalue weighted by molar-refractivity contribution is 5.58. The zero-order valence-corrected chi connectivity index (χ0v) is 29.8.